The molecule has 0 radical (unpaired) electrons. The second-order valence-corrected chi connectivity index (χ2v) is 6.83. The van der Waals surface area contributed by atoms with Gasteiger partial charge in [-0.2, -0.15) is 40.8 Å². The predicted molar refractivity (Wildman–Crippen MR) is 124 cm³/mol. The summed E-state index contributed by atoms with van der Waals surface area (Å²) in [6, 6.07) is 0. The summed E-state index contributed by atoms with van der Waals surface area (Å²) >= 11 is 0.973. The Bertz CT molecular complexity index is 310. The molecule has 0 amide bonds. The maximum absolute atomic E-state index is 4.53. The zero-order valence-electron chi connectivity index (χ0n) is 20.9. The van der Waals surface area contributed by atoms with E-state index in [2.05, 4.69) is 81.3 Å². The number of hydrogen-bond acceptors (Lipinski definition) is 4. The first kappa shape index (κ1) is 35.4. The van der Waals surface area contributed by atoms with Crippen LogP contribution in [0, 0.1) is 0 Å². The van der Waals surface area contributed by atoms with Crippen LogP contribution in [-0.4, -0.2) is 116 Å². The smallest absolute Gasteiger partial charge is 0.0844 e. The first-order chi connectivity index (χ1) is 13.1. The Labute approximate surface area is 188 Å². The molecule has 0 atom stereocenters. The van der Waals surface area contributed by atoms with E-state index in [-0.39, 0.29) is 5.79 Å². The zero-order valence-corrected chi connectivity index (χ0v) is 24.1. The van der Waals surface area contributed by atoms with E-state index in [4.69, 9.17) is 0 Å². The molecule has 0 N–H and O–H groups in total. The quantitative estimate of drug-likeness (QED) is 0.256. The summed E-state index contributed by atoms with van der Waals surface area (Å²) in [5, 5.41) is 11.2. The van der Waals surface area contributed by atoms with Gasteiger partial charge in [-0.1, -0.05) is 20.8 Å². The Morgan fingerprint density at radius 2 is 0.964 bits per heavy atom. The number of nitrogens with zero attached hydrogens (tertiary/aromatic N) is 8. The molecule has 0 bridgehead atoms. The van der Waals surface area contributed by atoms with Gasteiger partial charge in [0.15, 0.2) is 0 Å². The van der Waals surface area contributed by atoms with Gasteiger partial charge >= 0.3 is 111 Å². The van der Waals surface area contributed by atoms with Crippen LogP contribution in [0.3, 0.4) is 0 Å². The normalized spacial score (nSPS) is 11.2. The molecule has 0 rings (SSSR count). The first-order valence-corrected chi connectivity index (χ1v) is 11.1. The number of hydrogen-bond donors (Lipinski definition) is 0. The van der Waals surface area contributed by atoms with Crippen molar-refractivity contribution >= 4 is 5.84 Å². The van der Waals surface area contributed by atoms with Gasteiger partial charge in [0.1, 0.15) is 0 Å². The van der Waals surface area contributed by atoms with Crippen LogP contribution in [0.4, 0.5) is 0 Å². The Morgan fingerprint density at radius 3 is 1.07 bits per heavy atom. The van der Waals surface area contributed by atoms with Gasteiger partial charge in [0.05, 0.1) is 0 Å². The molecule has 0 aliphatic carbocycles. The fraction of sp³-hybridized carbons (Fsp3) is 0.947. The van der Waals surface area contributed by atoms with Crippen molar-refractivity contribution in [3.63, 3.8) is 0 Å². The van der Waals surface area contributed by atoms with Crippen LogP contribution in [0.1, 0.15) is 27.7 Å². The Kier molecular flexibility index (Phi) is 31.6. The minimum atomic E-state index is -0.370. The van der Waals surface area contributed by atoms with Gasteiger partial charge in [-0.05, 0) is 0 Å². The van der Waals surface area contributed by atoms with Gasteiger partial charge in [0.25, 0.3) is 0 Å². The Hall–Kier alpha value is -0.0297. The van der Waals surface area contributed by atoms with Crippen LogP contribution in [-0.2, 0) is 20.9 Å². The number of aliphatic imine (C=N–C) groups is 1. The molecule has 0 aromatic rings. The van der Waals surface area contributed by atoms with Crippen LogP contribution in [0.2, 0.25) is 0 Å². The predicted octanol–water partition coefficient (Wildman–Crippen LogP) is 3.50. The van der Waals surface area contributed by atoms with Crippen molar-refractivity contribution in [1.29, 1.82) is 0 Å². The zero-order chi connectivity index (χ0) is 23.2. The van der Waals surface area contributed by atoms with Crippen molar-refractivity contribution in [3.8, 4) is 0 Å². The largest absolute Gasteiger partial charge is 0.665 e. The van der Waals surface area contributed by atoms with Crippen LogP contribution in [0.5, 0.6) is 0 Å². The molecule has 0 aliphatic heterocycles. The molecule has 171 valence electrons. The summed E-state index contributed by atoms with van der Waals surface area (Å²) in [6.45, 7) is 11.7. The van der Waals surface area contributed by atoms with E-state index in [1.165, 1.54) is 0 Å². The number of rotatable bonds is 8. The van der Waals surface area contributed by atoms with Crippen LogP contribution >= 0.6 is 0 Å². The van der Waals surface area contributed by atoms with Gasteiger partial charge in [0.2, 0.25) is 0 Å². The van der Waals surface area contributed by atoms with Crippen molar-refractivity contribution < 1.29 is 20.9 Å². The van der Waals surface area contributed by atoms with E-state index in [1.54, 1.807) is 21.1 Å². The van der Waals surface area contributed by atoms with E-state index in [1.807, 2.05) is 27.7 Å². The molecule has 0 unspecified atom stereocenters. The van der Waals surface area contributed by atoms with Crippen molar-refractivity contribution in [2.45, 2.75) is 33.5 Å². The second-order valence-electron chi connectivity index (χ2n) is 6.11. The summed E-state index contributed by atoms with van der Waals surface area (Å²) < 4.78 is 4.45. The summed E-state index contributed by atoms with van der Waals surface area (Å²) in [4.78, 5) is 10.9. The van der Waals surface area contributed by atoms with E-state index in [9.17, 15) is 0 Å². The molecule has 0 aromatic heterocycles. The average molecular weight is 569 g/mol. The van der Waals surface area contributed by atoms with Gasteiger partial charge in [0, 0.05) is 0 Å². The second kappa shape index (κ2) is 25.0. The van der Waals surface area contributed by atoms with E-state index in [0.29, 0.717) is 0 Å². The van der Waals surface area contributed by atoms with Gasteiger partial charge in [-0.15, -0.1) is 0 Å². The topological polar surface area (TPSA) is 76.7 Å². The number of likely N-dealkylation sites (N-methyl/N-ethyl adjacent to an activating group) is 3. The standard InChI is InChI=1S/C10H23N5.3C3H8N.Ta/c1-8-12-9(11)10(13(2)3,14(4)5)15(6)7;3*1-3-4-2;/h8H2,1-7H3;3*3H2,1-2H3;/q;3*-1;. The molecule has 0 saturated heterocycles. The summed E-state index contributed by atoms with van der Waals surface area (Å²) in [6.07, 6.45) is 0. The molecule has 8 nitrogen and oxygen atoms in total. The van der Waals surface area contributed by atoms with E-state index < -0.39 is 0 Å². The van der Waals surface area contributed by atoms with Crippen molar-refractivity contribution in [2.75, 3.05) is 89.6 Å². The van der Waals surface area contributed by atoms with Crippen molar-refractivity contribution in [3.05, 3.63) is 16.0 Å². The summed E-state index contributed by atoms with van der Waals surface area (Å²) in [5.74, 6) is 0.508. The summed E-state index contributed by atoms with van der Waals surface area (Å²) in [7, 11) is 17.7. The molecule has 28 heavy (non-hydrogen) atoms. The molecule has 0 saturated carbocycles. The third-order valence-corrected chi connectivity index (χ3v) is 4.20. The molecule has 0 aliphatic rings. The van der Waals surface area contributed by atoms with Crippen LogP contribution < -0.4 is 0 Å². The Balaban J connectivity index is -0.000000195. The molecule has 9 heteroatoms. The van der Waals surface area contributed by atoms with E-state index in [0.717, 1.165) is 52.9 Å². The molecule has 0 fully saturated rings. The number of amidine groups is 1. The van der Waals surface area contributed by atoms with Crippen molar-refractivity contribution in [1.82, 2.24) is 14.7 Å². The molecule has 0 heterocycles. The molecular formula is C19H47N8Ta-3. The van der Waals surface area contributed by atoms with E-state index >= 15 is 0 Å². The minimum absolute atomic E-state index is 0.370. The van der Waals surface area contributed by atoms with Gasteiger partial charge in [-0.3, -0.25) is 0 Å². The third-order valence-electron chi connectivity index (χ3n) is 3.52. The van der Waals surface area contributed by atoms with Crippen LogP contribution in [0.15, 0.2) is 8.33 Å². The fourth-order valence-corrected chi connectivity index (χ4v) is 2.86. The van der Waals surface area contributed by atoms with Crippen LogP contribution in [0.25, 0.3) is 16.0 Å². The molecular weight excluding hydrogens is 521 g/mol. The molecule has 0 spiro atoms. The SMILES string of the molecule is CCN=C([N]=[Ta])C(N(C)C)(N(C)C)N(C)C.CC[N-]C.CC[N-]C.CC[N-]C. The third kappa shape index (κ3) is 15.8. The average Bonchev–Trinajstić information content (AvgIpc) is 2.67. The van der Waals surface area contributed by atoms with Gasteiger partial charge in [-0.25, -0.2) is 0 Å². The fourth-order valence-electron chi connectivity index (χ4n) is 2.15. The first-order valence-electron chi connectivity index (χ1n) is 9.69. The Morgan fingerprint density at radius 1 is 0.714 bits per heavy atom. The molecule has 0 aromatic carbocycles. The van der Waals surface area contributed by atoms with Crippen molar-refractivity contribution in [2.24, 2.45) is 8.33 Å². The van der Waals surface area contributed by atoms with Gasteiger partial charge < -0.3 is 16.0 Å². The minimum Gasteiger partial charge on any atom is -0.665 e. The summed E-state index contributed by atoms with van der Waals surface area (Å²) in [5.41, 5.74) is 0. The maximum atomic E-state index is 4.53. The maximum Gasteiger partial charge on any atom is -0.0844 e. The monoisotopic (exact) mass is 568 g/mol.